The lowest BCUT2D eigenvalue weighted by Crippen LogP contribution is -2.28. The van der Waals surface area contributed by atoms with E-state index >= 15 is 0 Å². The van der Waals surface area contributed by atoms with E-state index in [2.05, 4.69) is 4.72 Å². The molecule has 1 aromatic carbocycles. The lowest BCUT2D eigenvalue weighted by molar-refractivity contribution is 0.162. The average Bonchev–Trinajstić information content (AvgIpc) is 2.33. The molecule has 0 amide bonds. The minimum absolute atomic E-state index is 0.137. The molecule has 0 spiro atoms. The zero-order valence-electron chi connectivity index (χ0n) is 11.6. The Labute approximate surface area is 114 Å². The summed E-state index contributed by atoms with van der Waals surface area (Å²) in [4.78, 5) is 0.137. The van der Waals surface area contributed by atoms with Crippen LogP contribution in [0, 0.1) is 13.8 Å². The number of benzene rings is 1. The van der Waals surface area contributed by atoms with Gasteiger partial charge in [-0.05, 0) is 37.8 Å². The van der Waals surface area contributed by atoms with Crippen molar-refractivity contribution in [2.24, 2.45) is 0 Å². The Morgan fingerprint density at radius 2 is 1.89 bits per heavy atom. The number of anilines is 1. The van der Waals surface area contributed by atoms with E-state index in [1.807, 2.05) is 6.92 Å². The van der Waals surface area contributed by atoms with Crippen LogP contribution in [-0.2, 0) is 10.0 Å². The molecular formula is C13H22N2O3S. The van der Waals surface area contributed by atoms with Crippen LogP contribution < -0.4 is 10.5 Å². The highest BCUT2D eigenvalue weighted by Gasteiger charge is 2.20. The maximum Gasteiger partial charge on any atom is 0.242 e. The maximum atomic E-state index is 12.2. The van der Waals surface area contributed by atoms with Crippen molar-refractivity contribution in [1.82, 2.24) is 4.72 Å². The van der Waals surface area contributed by atoms with E-state index in [0.29, 0.717) is 18.4 Å². The number of rotatable bonds is 6. The highest BCUT2D eigenvalue weighted by molar-refractivity contribution is 7.89. The molecule has 0 aliphatic heterocycles. The van der Waals surface area contributed by atoms with Gasteiger partial charge < -0.3 is 10.8 Å². The van der Waals surface area contributed by atoms with Crippen molar-refractivity contribution in [1.29, 1.82) is 0 Å². The van der Waals surface area contributed by atoms with Gasteiger partial charge >= 0.3 is 0 Å². The fourth-order valence-corrected chi connectivity index (χ4v) is 3.27. The maximum absolute atomic E-state index is 12.2. The largest absolute Gasteiger partial charge is 0.397 e. The topological polar surface area (TPSA) is 92.4 Å². The van der Waals surface area contributed by atoms with E-state index in [-0.39, 0.29) is 17.1 Å². The molecule has 0 saturated heterocycles. The fraction of sp³-hybridized carbons (Fsp3) is 0.538. The Morgan fingerprint density at radius 1 is 1.32 bits per heavy atom. The molecule has 1 unspecified atom stereocenters. The molecule has 0 aliphatic rings. The van der Waals surface area contributed by atoms with Crippen LogP contribution in [0.1, 0.15) is 30.9 Å². The number of nitrogens with two attached hydrogens (primary N) is 1. The van der Waals surface area contributed by atoms with Gasteiger partial charge in [0, 0.05) is 6.54 Å². The molecule has 1 rings (SSSR count). The first-order valence-corrected chi connectivity index (χ1v) is 7.81. The highest BCUT2D eigenvalue weighted by Crippen LogP contribution is 2.25. The molecule has 0 bridgehead atoms. The predicted molar refractivity (Wildman–Crippen MR) is 76.4 cm³/mol. The van der Waals surface area contributed by atoms with Crippen LogP contribution in [0.15, 0.2) is 17.0 Å². The van der Waals surface area contributed by atoms with Gasteiger partial charge in [-0.1, -0.05) is 19.1 Å². The molecule has 0 aromatic heterocycles. The summed E-state index contributed by atoms with van der Waals surface area (Å²) >= 11 is 0. The summed E-state index contributed by atoms with van der Waals surface area (Å²) in [5.74, 6) is 0. The summed E-state index contributed by atoms with van der Waals surface area (Å²) in [5, 5.41) is 9.42. The predicted octanol–water partition coefficient (Wildman–Crippen LogP) is 1.32. The molecule has 0 saturated carbocycles. The third-order valence-corrected chi connectivity index (χ3v) is 4.78. The lowest BCUT2D eigenvalue weighted by Gasteiger charge is -2.14. The van der Waals surface area contributed by atoms with Crippen LogP contribution in [-0.4, -0.2) is 26.2 Å². The smallest absolute Gasteiger partial charge is 0.242 e. The molecule has 0 heterocycles. The van der Waals surface area contributed by atoms with Crippen LogP contribution >= 0.6 is 0 Å². The number of hydrogen-bond donors (Lipinski definition) is 3. The van der Waals surface area contributed by atoms with E-state index in [1.54, 1.807) is 26.0 Å². The van der Waals surface area contributed by atoms with Crippen LogP contribution in [0.2, 0.25) is 0 Å². The Morgan fingerprint density at radius 3 is 2.47 bits per heavy atom. The molecule has 19 heavy (non-hydrogen) atoms. The van der Waals surface area contributed by atoms with Gasteiger partial charge in [-0.2, -0.15) is 0 Å². The summed E-state index contributed by atoms with van der Waals surface area (Å²) in [5.41, 5.74) is 7.49. The second-order valence-corrected chi connectivity index (χ2v) is 6.39. The summed E-state index contributed by atoms with van der Waals surface area (Å²) in [7, 11) is -3.63. The average molecular weight is 286 g/mol. The Balaban J connectivity index is 2.92. The first-order chi connectivity index (χ1) is 8.79. The van der Waals surface area contributed by atoms with Gasteiger partial charge in [0.25, 0.3) is 0 Å². The minimum Gasteiger partial charge on any atom is -0.397 e. The van der Waals surface area contributed by atoms with Crippen LogP contribution in [0.3, 0.4) is 0 Å². The quantitative estimate of drug-likeness (QED) is 0.688. The molecule has 108 valence electrons. The minimum atomic E-state index is -3.63. The van der Waals surface area contributed by atoms with Crippen molar-refractivity contribution < 1.29 is 13.5 Å². The fourth-order valence-electron chi connectivity index (χ4n) is 1.80. The molecule has 6 heteroatoms. The van der Waals surface area contributed by atoms with E-state index < -0.39 is 16.1 Å². The number of nitrogen functional groups attached to an aromatic ring is 1. The van der Waals surface area contributed by atoms with Gasteiger partial charge in [-0.15, -0.1) is 0 Å². The van der Waals surface area contributed by atoms with Gasteiger partial charge in [0.2, 0.25) is 10.0 Å². The van der Waals surface area contributed by atoms with E-state index in [4.69, 9.17) is 5.73 Å². The summed E-state index contributed by atoms with van der Waals surface area (Å²) in [6, 6.07) is 3.53. The number of aliphatic hydroxyl groups excluding tert-OH is 1. The number of sulfonamides is 1. The third-order valence-electron chi connectivity index (χ3n) is 3.12. The zero-order chi connectivity index (χ0) is 14.6. The highest BCUT2D eigenvalue weighted by atomic mass is 32.2. The summed E-state index contributed by atoms with van der Waals surface area (Å²) < 4.78 is 26.9. The molecule has 5 nitrogen and oxygen atoms in total. The van der Waals surface area contributed by atoms with Gasteiger partial charge in [0.05, 0.1) is 11.8 Å². The normalized spacial score (nSPS) is 13.5. The van der Waals surface area contributed by atoms with Crippen molar-refractivity contribution in [3.8, 4) is 0 Å². The standard InChI is InChI=1S/C13H22N2O3S/c1-4-11(16)7-8-15-19(17,18)13-10(3)6-5-9(2)12(13)14/h5-6,11,15-16H,4,7-8,14H2,1-3H3. The first-order valence-electron chi connectivity index (χ1n) is 6.33. The van der Waals surface area contributed by atoms with Gasteiger partial charge in [-0.3, -0.25) is 0 Å². The summed E-state index contributed by atoms with van der Waals surface area (Å²) in [6.45, 7) is 5.53. The van der Waals surface area contributed by atoms with Crippen LogP contribution in [0.4, 0.5) is 5.69 Å². The Hall–Kier alpha value is -1.11. The molecule has 1 aromatic rings. The van der Waals surface area contributed by atoms with E-state index in [1.165, 1.54) is 0 Å². The lowest BCUT2D eigenvalue weighted by atomic mass is 10.1. The van der Waals surface area contributed by atoms with E-state index in [0.717, 1.165) is 5.56 Å². The molecular weight excluding hydrogens is 264 g/mol. The van der Waals surface area contributed by atoms with Crippen LogP contribution in [0.25, 0.3) is 0 Å². The molecule has 4 N–H and O–H groups in total. The third kappa shape index (κ3) is 3.92. The second-order valence-electron chi connectivity index (χ2n) is 4.69. The molecule has 0 radical (unpaired) electrons. The monoisotopic (exact) mass is 286 g/mol. The van der Waals surface area contributed by atoms with Crippen molar-refractivity contribution in [2.75, 3.05) is 12.3 Å². The number of aryl methyl sites for hydroxylation is 2. The Bertz CT molecular complexity index is 541. The number of aliphatic hydroxyl groups is 1. The van der Waals surface area contributed by atoms with Gasteiger partial charge in [0.1, 0.15) is 4.90 Å². The van der Waals surface area contributed by atoms with Gasteiger partial charge in [0.15, 0.2) is 0 Å². The van der Waals surface area contributed by atoms with Crippen molar-refractivity contribution in [3.05, 3.63) is 23.3 Å². The molecule has 0 fully saturated rings. The molecule has 1 atom stereocenters. The number of nitrogens with one attached hydrogen (secondary N) is 1. The SMILES string of the molecule is CCC(O)CCNS(=O)(=O)c1c(C)ccc(C)c1N. The van der Waals surface area contributed by atoms with Crippen LogP contribution in [0.5, 0.6) is 0 Å². The first kappa shape index (κ1) is 15.9. The Kier molecular flexibility index (Phi) is 5.34. The number of hydrogen-bond acceptors (Lipinski definition) is 4. The van der Waals surface area contributed by atoms with Crippen molar-refractivity contribution >= 4 is 15.7 Å². The van der Waals surface area contributed by atoms with Gasteiger partial charge in [-0.25, -0.2) is 13.1 Å². The molecule has 0 aliphatic carbocycles. The second kappa shape index (κ2) is 6.36. The van der Waals surface area contributed by atoms with Crippen molar-refractivity contribution in [2.45, 2.75) is 44.6 Å². The zero-order valence-corrected chi connectivity index (χ0v) is 12.4. The summed E-state index contributed by atoms with van der Waals surface area (Å²) in [6.07, 6.45) is 0.507. The van der Waals surface area contributed by atoms with Crippen molar-refractivity contribution in [3.63, 3.8) is 0 Å². The van der Waals surface area contributed by atoms with E-state index in [9.17, 15) is 13.5 Å².